The van der Waals surface area contributed by atoms with E-state index in [0.717, 1.165) is 31.0 Å². The number of nitrogens with one attached hydrogen (secondary N) is 3. The van der Waals surface area contributed by atoms with Gasteiger partial charge in [0.2, 0.25) is 11.9 Å². The topological polar surface area (TPSA) is 122 Å². The Morgan fingerprint density at radius 3 is 2.83 bits per heavy atom. The maximum absolute atomic E-state index is 14.0. The van der Waals surface area contributed by atoms with Gasteiger partial charge in [-0.2, -0.15) is 19.6 Å². The number of anilines is 2. The van der Waals surface area contributed by atoms with Crippen LogP contribution in [0.3, 0.4) is 0 Å². The predicted molar refractivity (Wildman–Crippen MR) is 141 cm³/mol. The fourth-order valence-corrected chi connectivity index (χ4v) is 4.36. The fraction of sp³-hybridized carbons (Fsp3) is 0.440. The minimum Gasteiger partial charge on any atom is -0.364 e. The summed E-state index contributed by atoms with van der Waals surface area (Å²) in [6.07, 6.45) is 4.93. The molecule has 0 saturated carbocycles. The molecule has 0 aliphatic carbocycles. The van der Waals surface area contributed by atoms with E-state index in [0.29, 0.717) is 33.7 Å². The molecule has 1 aliphatic rings. The van der Waals surface area contributed by atoms with Crippen LogP contribution < -0.4 is 21.7 Å². The van der Waals surface area contributed by atoms with Gasteiger partial charge in [0.25, 0.3) is 5.91 Å². The second-order valence-corrected chi connectivity index (χ2v) is 10.5. The third kappa shape index (κ3) is 5.93. The molecule has 1 atom stereocenters. The van der Waals surface area contributed by atoms with Crippen molar-refractivity contribution in [3.8, 4) is 0 Å². The number of nitrogens with zero attached hydrogens (tertiary/aromatic N) is 4. The van der Waals surface area contributed by atoms with E-state index in [9.17, 15) is 9.18 Å². The number of primary amides is 1. The van der Waals surface area contributed by atoms with Crippen LogP contribution in [0.25, 0.3) is 11.7 Å². The average molecular weight is 515 g/mol. The van der Waals surface area contributed by atoms with Crippen molar-refractivity contribution in [2.45, 2.75) is 64.6 Å². The number of carbonyl (C=O) groups is 1. The summed E-state index contributed by atoms with van der Waals surface area (Å²) in [6, 6.07) is 5.15. The van der Waals surface area contributed by atoms with Gasteiger partial charge in [0.1, 0.15) is 0 Å². The highest BCUT2D eigenvalue weighted by Crippen LogP contribution is 2.25. The number of aromatic nitrogens is 4. The molecular weight excluding hydrogens is 483 g/mol. The number of amides is 1. The lowest BCUT2D eigenvalue weighted by atomic mass is 9.91. The van der Waals surface area contributed by atoms with Crippen molar-refractivity contribution in [1.82, 2.24) is 24.9 Å². The molecule has 1 amide bonds. The number of halogens is 2. The minimum absolute atomic E-state index is 0.114. The molecule has 4 rings (SSSR count). The van der Waals surface area contributed by atoms with Gasteiger partial charge < -0.3 is 21.7 Å². The normalized spacial score (nSPS) is 18.0. The summed E-state index contributed by atoms with van der Waals surface area (Å²) in [4.78, 5) is 20.7. The van der Waals surface area contributed by atoms with Gasteiger partial charge in [-0.05, 0) is 61.9 Å². The Labute approximate surface area is 214 Å². The number of benzene rings is 1. The summed E-state index contributed by atoms with van der Waals surface area (Å²) < 4.78 is 15.6. The lowest BCUT2D eigenvalue weighted by Gasteiger charge is -2.36. The monoisotopic (exact) mass is 514 g/mol. The largest absolute Gasteiger partial charge is 0.364 e. The van der Waals surface area contributed by atoms with E-state index in [2.05, 4.69) is 48.7 Å². The molecule has 0 spiro atoms. The van der Waals surface area contributed by atoms with E-state index in [4.69, 9.17) is 27.3 Å². The fourth-order valence-electron chi connectivity index (χ4n) is 4.16. The number of piperidine rings is 1. The third-order valence-corrected chi connectivity index (χ3v) is 6.59. The Hall–Kier alpha value is -3.24. The molecule has 9 nitrogen and oxygen atoms in total. The van der Waals surface area contributed by atoms with Crippen molar-refractivity contribution in [2.24, 2.45) is 5.73 Å². The van der Waals surface area contributed by atoms with Gasteiger partial charge in [0, 0.05) is 35.3 Å². The predicted octanol–water partition coefficient (Wildman–Crippen LogP) is 4.25. The standard InChI is InChI=1S/C25H32ClFN8O/c1-14(2)19-13-31-35-22(19)33-23(32-18-7-8-25(3,4)30-12-18)34-24(35)29-11-16-9-17(26)6-5-15(16)10-20(27)21(28)36/h5-6,9-10,13-14,18,30H,7-8,11-12H2,1-4H3,(H2,28,36)(H2,29,32,33,34). The van der Waals surface area contributed by atoms with Crippen LogP contribution in [0.5, 0.6) is 0 Å². The Kier molecular flexibility index (Phi) is 7.46. The van der Waals surface area contributed by atoms with Gasteiger partial charge in [-0.3, -0.25) is 4.79 Å². The van der Waals surface area contributed by atoms with Crippen molar-refractivity contribution < 1.29 is 9.18 Å². The number of rotatable bonds is 8. The summed E-state index contributed by atoms with van der Waals surface area (Å²) in [7, 11) is 0. The lowest BCUT2D eigenvalue weighted by molar-refractivity contribution is -0.115. The van der Waals surface area contributed by atoms with Crippen LogP contribution in [0.2, 0.25) is 5.02 Å². The molecule has 1 aromatic carbocycles. The highest BCUT2D eigenvalue weighted by Gasteiger charge is 2.27. The number of fused-ring (bicyclic) bond motifs is 1. The molecule has 1 fully saturated rings. The van der Waals surface area contributed by atoms with E-state index < -0.39 is 11.7 Å². The maximum Gasteiger partial charge on any atom is 0.277 e. The molecule has 1 unspecified atom stereocenters. The average Bonchev–Trinajstić information content (AvgIpc) is 3.24. The van der Waals surface area contributed by atoms with Crippen LogP contribution in [0.15, 0.2) is 30.2 Å². The molecule has 3 heterocycles. The zero-order chi connectivity index (χ0) is 26.0. The smallest absolute Gasteiger partial charge is 0.277 e. The Morgan fingerprint density at radius 2 is 2.17 bits per heavy atom. The second-order valence-electron chi connectivity index (χ2n) is 10.1. The van der Waals surface area contributed by atoms with Gasteiger partial charge in [-0.25, -0.2) is 4.39 Å². The molecule has 11 heteroatoms. The number of hydrogen-bond acceptors (Lipinski definition) is 7. The van der Waals surface area contributed by atoms with Gasteiger partial charge in [-0.15, -0.1) is 0 Å². The van der Waals surface area contributed by atoms with Gasteiger partial charge in [0.05, 0.1) is 6.20 Å². The zero-order valence-corrected chi connectivity index (χ0v) is 21.7. The highest BCUT2D eigenvalue weighted by atomic mass is 35.5. The van der Waals surface area contributed by atoms with Crippen LogP contribution in [-0.2, 0) is 11.3 Å². The highest BCUT2D eigenvalue weighted by molar-refractivity contribution is 6.30. The van der Waals surface area contributed by atoms with Crippen molar-refractivity contribution in [3.63, 3.8) is 0 Å². The summed E-state index contributed by atoms with van der Waals surface area (Å²) in [5.74, 6) is -0.965. The van der Waals surface area contributed by atoms with Crippen LogP contribution >= 0.6 is 11.6 Å². The van der Waals surface area contributed by atoms with Gasteiger partial charge >= 0.3 is 0 Å². The van der Waals surface area contributed by atoms with Crippen molar-refractivity contribution >= 4 is 41.1 Å². The van der Waals surface area contributed by atoms with Crippen LogP contribution in [0.1, 0.15) is 63.1 Å². The first kappa shape index (κ1) is 25.8. The van der Waals surface area contributed by atoms with E-state index in [1.165, 1.54) is 0 Å². The summed E-state index contributed by atoms with van der Waals surface area (Å²) in [5.41, 5.74) is 8.03. The zero-order valence-electron chi connectivity index (χ0n) is 20.9. The molecule has 1 aliphatic heterocycles. The van der Waals surface area contributed by atoms with Gasteiger partial charge in [-0.1, -0.05) is 31.5 Å². The summed E-state index contributed by atoms with van der Waals surface area (Å²) in [5, 5.41) is 15.3. The minimum atomic E-state index is -1.13. The van der Waals surface area contributed by atoms with Gasteiger partial charge in [0.15, 0.2) is 11.5 Å². The van der Waals surface area contributed by atoms with E-state index in [-0.39, 0.29) is 24.0 Å². The number of hydrogen-bond donors (Lipinski definition) is 4. The molecule has 36 heavy (non-hydrogen) atoms. The van der Waals surface area contributed by atoms with Crippen LogP contribution in [0, 0.1) is 0 Å². The Balaban J connectivity index is 1.65. The first-order valence-electron chi connectivity index (χ1n) is 12.0. The second kappa shape index (κ2) is 10.4. The van der Waals surface area contributed by atoms with Crippen molar-refractivity contribution in [1.29, 1.82) is 0 Å². The Morgan fingerprint density at radius 1 is 1.39 bits per heavy atom. The van der Waals surface area contributed by atoms with Crippen LogP contribution in [0.4, 0.5) is 16.3 Å². The van der Waals surface area contributed by atoms with Crippen LogP contribution in [-0.4, -0.2) is 43.6 Å². The van der Waals surface area contributed by atoms with Crippen molar-refractivity contribution in [3.05, 3.63) is 51.9 Å². The molecule has 3 aromatic rings. The third-order valence-electron chi connectivity index (χ3n) is 6.35. The molecule has 0 radical (unpaired) electrons. The number of carbonyl (C=O) groups excluding carboxylic acids is 1. The first-order chi connectivity index (χ1) is 17.0. The molecule has 2 aromatic heterocycles. The van der Waals surface area contributed by atoms with E-state index in [1.54, 1.807) is 28.9 Å². The summed E-state index contributed by atoms with van der Waals surface area (Å²) in [6.45, 7) is 9.63. The molecular formula is C25H32ClFN8O. The molecule has 0 bridgehead atoms. The van der Waals surface area contributed by atoms with Crippen molar-refractivity contribution in [2.75, 3.05) is 17.2 Å². The first-order valence-corrected chi connectivity index (χ1v) is 12.4. The number of nitrogens with two attached hydrogens (primary N) is 1. The lowest BCUT2D eigenvalue weighted by Crippen LogP contribution is -2.50. The van der Waals surface area contributed by atoms with E-state index in [1.807, 2.05) is 0 Å². The molecule has 1 saturated heterocycles. The SMILES string of the molecule is CC(C)c1cnn2c(NCc3cc(Cl)ccc3C=C(F)C(N)=O)nc(NC3CCC(C)(C)NC3)nc12. The Bertz CT molecular complexity index is 1290. The molecule has 192 valence electrons. The quantitative estimate of drug-likeness (QED) is 0.331. The van der Waals surface area contributed by atoms with E-state index >= 15 is 0 Å². The molecule has 5 N–H and O–H groups in total. The summed E-state index contributed by atoms with van der Waals surface area (Å²) >= 11 is 6.19. The maximum atomic E-state index is 14.0.